The molecule has 32 heavy (non-hydrogen) atoms. The Labute approximate surface area is 186 Å². The van der Waals surface area contributed by atoms with Crippen LogP contribution in [0.4, 0.5) is 5.82 Å². The van der Waals surface area contributed by atoms with Gasteiger partial charge in [-0.3, -0.25) is 4.79 Å². The summed E-state index contributed by atoms with van der Waals surface area (Å²) in [4.78, 5) is 22.5. The minimum absolute atomic E-state index is 0.178. The normalized spacial score (nSPS) is 14.7. The molecule has 2 aromatic carbocycles. The van der Waals surface area contributed by atoms with Crippen LogP contribution in [-0.4, -0.2) is 20.4 Å². The molecule has 0 atom stereocenters. The number of aromatic nitrogens is 3. The van der Waals surface area contributed by atoms with E-state index in [9.17, 15) is 10.1 Å². The van der Waals surface area contributed by atoms with Crippen LogP contribution in [0.5, 0.6) is 0 Å². The maximum atomic E-state index is 12.8. The zero-order chi connectivity index (χ0) is 21.9. The molecule has 2 heterocycles. The van der Waals surface area contributed by atoms with Gasteiger partial charge in [-0.1, -0.05) is 61.7 Å². The van der Waals surface area contributed by atoms with Gasteiger partial charge in [0.05, 0.1) is 11.0 Å². The second kappa shape index (κ2) is 8.64. The lowest BCUT2D eigenvalue weighted by molar-refractivity contribution is -0.111. The average molecular weight is 422 g/mol. The number of amides is 1. The Morgan fingerprint density at radius 3 is 2.41 bits per heavy atom. The van der Waals surface area contributed by atoms with Gasteiger partial charge in [0.25, 0.3) is 0 Å². The van der Waals surface area contributed by atoms with Gasteiger partial charge in [0.1, 0.15) is 23.0 Å². The molecule has 0 radical (unpaired) electrons. The summed E-state index contributed by atoms with van der Waals surface area (Å²) in [6, 6.07) is 19.8. The molecule has 0 spiro atoms. The van der Waals surface area contributed by atoms with Crippen molar-refractivity contribution in [1.82, 2.24) is 14.5 Å². The largest absolute Gasteiger partial charge is 0.307 e. The maximum Gasteiger partial charge on any atom is 0.249 e. The predicted molar refractivity (Wildman–Crippen MR) is 126 cm³/mol. The first-order valence-electron chi connectivity index (χ1n) is 11.0. The van der Waals surface area contributed by atoms with Crippen LogP contribution in [-0.2, 0) is 4.79 Å². The number of para-hydroxylation sites is 2. The number of carbonyl (C=O) groups is 1. The molecule has 1 saturated carbocycles. The number of anilines is 1. The molecule has 0 bridgehead atoms. The summed E-state index contributed by atoms with van der Waals surface area (Å²) in [5, 5.41) is 13.0. The Hall–Kier alpha value is -3.98. The monoisotopic (exact) mass is 421 g/mol. The van der Waals surface area contributed by atoms with Gasteiger partial charge >= 0.3 is 0 Å². The molecule has 1 amide bonds. The smallest absolute Gasteiger partial charge is 0.249 e. The van der Waals surface area contributed by atoms with Gasteiger partial charge in [-0.05, 0) is 36.6 Å². The van der Waals surface area contributed by atoms with Crippen LogP contribution in [0.15, 0.2) is 60.7 Å². The first-order valence-corrected chi connectivity index (χ1v) is 11.0. The summed E-state index contributed by atoms with van der Waals surface area (Å²) in [6.07, 6.45) is 8.69. The minimum atomic E-state index is -0.283. The van der Waals surface area contributed by atoms with Crippen molar-refractivity contribution >= 4 is 40.0 Å². The van der Waals surface area contributed by atoms with Crippen molar-refractivity contribution in [2.24, 2.45) is 0 Å². The van der Waals surface area contributed by atoms with E-state index in [4.69, 9.17) is 9.97 Å². The molecule has 0 saturated heterocycles. The Bertz CT molecular complexity index is 1360. The fourth-order valence-corrected chi connectivity index (χ4v) is 4.48. The zero-order valence-corrected chi connectivity index (χ0v) is 17.7. The molecule has 5 rings (SSSR count). The topological polar surface area (TPSA) is 83.6 Å². The van der Waals surface area contributed by atoms with Gasteiger partial charge < -0.3 is 9.88 Å². The van der Waals surface area contributed by atoms with E-state index in [0.717, 1.165) is 42.3 Å². The van der Waals surface area contributed by atoms with Gasteiger partial charge in [0, 0.05) is 12.1 Å². The van der Waals surface area contributed by atoms with Crippen molar-refractivity contribution in [3.8, 4) is 6.07 Å². The molecule has 6 heteroatoms. The number of hydrogen-bond donors (Lipinski definition) is 1. The average Bonchev–Trinajstić information content (AvgIpc) is 3.14. The first-order chi connectivity index (χ1) is 15.7. The van der Waals surface area contributed by atoms with Crippen molar-refractivity contribution in [3.63, 3.8) is 0 Å². The van der Waals surface area contributed by atoms with Crippen molar-refractivity contribution in [2.45, 2.75) is 38.1 Å². The van der Waals surface area contributed by atoms with Crippen molar-refractivity contribution in [1.29, 1.82) is 5.26 Å². The predicted octanol–water partition coefficient (Wildman–Crippen LogP) is 5.61. The quantitative estimate of drug-likeness (QED) is 0.434. The molecule has 1 aliphatic carbocycles. The summed E-state index contributed by atoms with van der Waals surface area (Å²) < 4.78 is 2.04. The molecular formula is C26H23N5O. The van der Waals surface area contributed by atoms with Crippen molar-refractivity contribution < 1.29 is 4.79 Å². The highest BCUT2D eigenvalue weighted by molar-refractivity contribution is 6.05. The van der Waals surface area contributed by atoms with Gasteiger partial charge in [-0.2, -0.15) is 5.26 Å². The van der Waals surface area contributed by atoms with E-state index in [0.29, 0.717) is 22.5 Å². The summed E-state index contributed by atoms with van der Waals surface area (Å²) >= 11 is 0. The highest BCUT2D eigenvalue weighted by Crippen LogP contribution is 2.38. The van der Waals surface area contributed by atoms with Gasteiger partial charge in [0.2, 0.25) is 5.91 Å². The maximum absolute atomic E-state index is 12.8. The lowest BCUT2D eigenvalue weighted by atomic mass is 9.95. The highest BCUT2D eigenvalue weighted by Gasteiger charge is 2.27. The van der Waals surface area contributed by atoms with Gasteiger partial charge in [-0.25, -0.2) is 9.97 Å². The third-order valence-electron chi connectivity index (χ3n) is 6.01. The third-order valence-corrected chi connectivity index (χ3v) is 6.01. The highest BCUT2D eigenvalue weighted by atomic mass is 16.1. The number of nitrogens with one attached hydrogen (secondary N) is 1. The lowest BCUT2D eigenvalue weighted by Gasteiger charge is -2.25. The van der Waals surface area contributed by atoms with E-state index in [1.807, 2.05) is 59.2 Å². The summed E-state index contributed by atoms with van der Waals surface area (Å²) in [6.45, 7) is 0. The molecule has 6 nitrogen and oxygen atoms in total. The molecule has 158 valence electrons. The van der Waals surface area contributed by atoms with E-state index in [1.165, 1.54) is 12.5 Å². The van der Waals surface area contributed by atoms with Gasteiger partial charge in [0.15, 0.2) is 5.65 Å². The number of nitrogens with zero attached hydrogens (tertiary/aromatic N) is 4. The SMILES string of the molecule is N#Cc1c(NC(=O)/C=C/c2ccccc2)n(C2CCCCC2)c2nc3ccccc3nc12. The summed E-state index contributed by atoms with van der Waals surface area (Å²) in [5.74, 6) is 0.210. The molecule has 0 unspecified atom stereocenters. The lowest BCUT2D eigenvalue weighted by Crippen LogP contribution is -2.19. The van der Waals surface area contributed by atoms with Crippen LogP contribution in [0.2, 0.25) is 0 Å². The Morgan fingerprint density at radius 2 is 1.69 bits per heavy atom. The van der Waals surface area contributed by atoms with Crippen molar-refractivity contribution in [2.75, 3.05) is 5.32 Å². The van der Waals surface area contributed by atoms with E-state index in [-0.39, 0.29) is 11.9 Å². The van der Waals surface area contributed by atoms with E-state index >= 15 is 0 Å². The molecular weight excluding hydrogens is 398 g/mol. The fraction of sp³-hybridized carbons (Fsp3) is 0.231. The van der Waals surface area contributed by atoms with Crippen LogP contribution in [0.3, 0.4) is 0 Å². The molecule has 1 N–H and O–H groups in total. The van der Waals surface area contributed by atoms with E-state index < -0.39 is 0 Å². The molecule has 1 fully saturated rings. The minimum Gasteiger partial charge on any atom is -0.307 e. The Balaban J connectivity index is 1.62. The second-order valence-electron chi connectivity index (χ2n) is 8.12. The zero-order valence-electron chi connectivity index (χ0n) is 17.7. The molecule has 0 aliphatic heterocycles. The third kappa shape index (κ3) is 3.74. The number of rotatable bonds is 4. The summed E-state index contributed by atoms with van der Waals surface area (Å²) in [7, 11) is 0. The van der Waals surface area contributed by atoms with Crippen molar-refractivity contribution in [3.05, 3.63) is 71.8 Å². The van der Waals surface area contributed by atoms with Gasteiger partial charge in [-0.15, -0.1) is 0 Å². The standard InChI is InChI=1S/C26H23N5O/c27-17-20-24-26(29-22-14-8-7-13-21(22)28-24)31(19-11-5-2-6-12-19)25(20)30-23(32)16-15-18-9-3-1-4-10-18/h1,3-4,7-10,13-16,19H,2,5-6,11-12H2,(H,30,32)/b16-15+. The van der Waals surface area contributed by atoms with Crippen LogP contribution >= 0.6 is 0 Å². The summed E-state index contributed by atoms with van der Waals surface area (Å²) in [5.41, 5.74) is 4.02. The first kappa shape index (κ1) is 20.0. The van der Waals surface area contributed by atoms with Crippen LogP contribution in [0, 0.1) is 11.3 Å². The second-order valence-corrected chi connectivity index (χ2v) is 8.12. The molecule has 4 aromatic rings. The van der Waals surface area contributed by atoms with E-state index in [1.54, 1.807) is 6.08 Å². The van der Waals surface area contributed by atoms with Crippen LogP contribution in [0.25, 0.3) is 28.3 Å². The Kier molecular flexibility index (Phi) is 5.39. The van der Waals surface area contributed by atoms with Crippen LogP contribution < -0.4 is 5.32 Å². The number of hydrogen-bond acceptors (Lipinski definition) is 4. The number of nitriles is 1. The number of benzene rings is 2. The van der Waals surface area contributed by atoms with E-state index in [2.05, 4.69) is 11.4 Å². The number of fused-ring (bicyclic) bond motifs is 2. The number of carbonyl (C=O) groups excluding carboxylic acids is 1. The Morgan fingerprint density at radius 1 is 1.00 bits per heavy atom. The molecule has 2 aromatic heterocycles. The van der Waals surface area contributed by atoms with Crippen LogP contribution in [0.1, 0.15) is 49.3 Å². The molecule has 1 aliphatic rings. The fourth-order valence-electron chi connectivity index (χ4n) is 4.48.